The van der Waals surface area contributed by atoms with Crippen molar-refractivity contribution in [3.8, 4) is 0 Å². The van der Waals surface area contributed by atoms with Crippen molar-refractivity contribution in [1.29, 1.82) is 0 Å². The van der Waals surface area contributed by atoms with Crippen LogP contribution in [0.3, 0.4) is 0 Å². The number of nitrogens with zero attached hydrogens (tertiary/aromatic N) is 2. The maximum absolute atomic E-state index is 12.3. The Morgan fingerprint density at radius 3 is 2.67 bits per heavy atom. The van der Waals surface area contributed by atoms with Crippen molar-refractivity contribution in [2.45, 2.75) is 63.1 Å². The van der Waals surface area contributed by atoms with Crippen LogP contribution in [0.15, 0.2) is 12.3 Å². The highest BCUT2D eigenvalue weighted by Gasteiger charge is 2.31. The summed E-state index contributed by atoms with van der Waals surface area (Å²) < 4.78 is 10.9. The highest BCUT2D eigenvalue weighted by Crippen LogP contribution is 2.32. The molecule has 0 radical (unpaired) electrons. The molecule has 0 aliphatic heterocycles. The minimum atomic E-state index is -0.356. The first kappa shape index (κ1) is 14.4. The summed E-state index contributed by atoms with van der Waals surface area (Å²) in [5, 5.41) is 0. The van der Waals surface area contributed by atoms with Crippen LogP contribution < -0.4 is 0 Å². The second-order valence-corrected chi connectivity index (χ2v) is 5.93. The lowest BCUT2D eigenvalue weighted by Crippen LogP contribution is -2.28. The molecular formula is C16H22N2O3. The van der Waals surface area contributed by atoms with Crippen molar-refractivity contribution < 1.29 is 14.3 Å². The van der Waals surface area contributed by atoms with Gasteiger partial charge in [0.15, 0.2) is 5.69 Å². The fraction of sp³-hybridized carbons (Fsp3) is 0.688. The molecule has 21 heavy (non-hydrogen) atoms. The van der Waals surface area contributed by atoms with Crippen LogP contribution in [-0.4, -0.2) is 35.3 Å². The van der Waals surface area contributed by atoms with Crippen LogP contribution in [0, 0.1) is 0 Å². The van der Waals surface area contributed by atoms with E-state index in [0.29, 0.717) is 11.6 Å². The summed E-state index contributed by atoms with van der Waals surface area (Å²) in [4.78, 5) is 21.0. The van der Waals surface area contributed by atoms with Crippen LogP contribution in [0.25, 0.3) is 0 Å². The lowest BCUT2D eigenvalue weighted by Gasteiger charge is -2.18. The van der Waals surface area contributed by atoms with Crippen LogP contribution >= 0.6 is 0 Å². The van der Waals surface area contributed by atoms with Crippen molar-refractivity contribution >= 4 is 5.97 Å². The minimum Gasteiger partial charge on any atom is -0.455 e. The van der Waals surface area contributed by atoms with Gasteiger partial charge in [-0.05, 0) is 38.2 Å². The molecule has 2 aliphatic rings. The molecule has 5 heteroatoms. The molecule has 2 saturated carbocycles. The zero-order valence-corrected chi connectivity index (χ0v) is 12.5. The summed E-state index contributed by atoms with van der Waals surface area (Å²) in [6.07, 6.45) is 9.07. The van der Waals surface area contributed by atoms with Crippen LogP contribution in [0.4, 0.5) is 0 Å². The lowest BCUT2D eigenvalue weighted by molar-refractivity contribution is -0.0211. The summed E-state index contributed by atoms with van der Waals surface area (Å²) in [5.74, 6) is 0.832. The largest absolute Gasteiger partial charge is 0.455 e. The summed E-state index contributed by atoms with van der Waals surface area (Å²) >= 11 is 0. The summed E-state index contributed by atoms with van der Waals surface area (Å²) in [5.41, 5.74) is 0.369. The molecule has 0 amide bonds. The molecule has 2 aliphatic carbocycles. The smallest absolute Gasteiger partial charge is 0.357 e. The molecule has 0 aromatic carbocycles. The fourth-order valence-corrected chi connectivity index (χ4v) is 3.36. The Bertz CT molecular complexity index is 500. The molecule has 5 nitrogen and oxygen atoms in total. The number of carbonyl (C=O) groups excluding carboxylic acids is 1. The number of methoxy groups -OCH3 is 1. The zero-order valence-electron chi connectivity index (χ0n) is 12.5. The van der Waals surface area contributed by atoms with E-state index in [0.717, 1.165) is 37.9 Å². The monoisotopic (exact) mass is 290 g/mol. The van der Waals surface area contributed by atoms with Crippen LogP contribution in [0.2, 0.25) is 0 Å². The minimum absolute atomic E-state index is 0.0186. The van der Waals surface area contributed by atoms with Gasteiger partial charge in [-0.15, -0.1) is 0 Å². The first-order chi connectivity index (χ1) is 10.3. The molecule has 2 atom stereocenters. The van der Waals surface area contributed by atoms with Gasteiger partial charge in [-0.1, -0.05) is 12.8 Å². The molecule has 1 aromatic heterocycles. The van der Waals surface area contributed by atoms with Crippen LogP contribution in [0.1, 0.15) is 67.2 Å². The van der Waals surface area contributed by atoms with Gasteiger partial charge in [0.1, 0.15) is 11.9 Å². The van der Waals surface area contributed by atoms with Crippen LogP contribution in [0.5, 0.6) is 0 Å². The molecule has 1 aromatic rings. The van der Waals surface area contributed by atoms with Gasteiger partial charge >= 0.3 is 5.97 Å². The number of ether oxygens (including phenoxy) is 2. The van der Waals surface area contributed by atoms with Crippen molar-refractivity contribution in [3.05, 3.63) is 23.8 Å². The molecule has 0 unspecified atom stereocenters. The molecular weight excluding hydrogens is 268 g/mol. The molecule has 114 valence electrons. The van der Waals surface area contributed by atoms with E-state index in [1.54, 1.807) is 19.4 Å². The van der Waals surface area contributed by atoms with E-state index in [1.807, 2.05) is 0 Å². The normalized spacial score (nSPS) is 26.1. The molecule has 3 rings (SSSR count). The Morgan fingerprint density at radius 1 is 1.14 bits per heavy atom. The van der Waals surface area contributed by atoms with E-state index >= 15 is 0 Å². The Kier molecular flexibility index (Phi) is 4.48. The predicted octanol–water partition coefficient (Wildman–Crippen LogP) is 2.86. The van der Waals surface area contributed by atoms with E-state index in [-0.39, 0.29) is 18.2 Å². The summed E-state index contributed by atoms with van der Waals surface area (Å²) in [6, 6.07) is 1.64. The van der Waals surface area contributed by atoms with E-state index in [1.165, 1.54) is 12.8 Å². The van der Waals surface area contributed by atoms with E-state index in [2.05, 4.69) is 9.97 Å². The van der Waals surface area contributed by atoms with Gasteiger partial charge in [0, 0.05) is 19.2 Å². The number of carbonyl (C=O) groups is 1. The topological polar surface area (TPSA) is 61.3 Å². The quantitative estimate of drug-likeness (QED) is 0.798. The Morgan fingerprint density at radius 2 is 1.90 bits per heavy atom. The average molecular weight is 290 g/mol. The average Bonchev–Trinajstić information content (AvgIpc) is 3.18. The third-order valence-electron chi connectivity index (χ3n) is 4.56. The highest BCUT2D eigenvalue weighted by atomic mass is 16.6. The number of hydrogen-bond donors (Lipinski definition) is 0. The molecule has 0 saturated heterocycles. The Labute approximate surface area is 125 Å². The number of esters is 1. The van der Waals surface area contributed by atoms with Crippen molar-refractivity contribution in [2.75, 3.05) is 7.11 Å². The van der Waals surface area contributed by atoms with E-state index in [4.69, 9.17) is 9.47 Å². The van der Waals surface area contributed by atoms with Gasteiger partial charge in [-0.25, -0.2) is 14.8 Å². The van der Waals surface area contributed by atoms with Gasteiger partial charge in [-0.3, -0.25) is 0 Å². The van der Waals surface area contributed by atoms with Crippen molar-refractivity contribution in [2.24, 2.45) is 0 Å². The molecule has 0 N–H and O–H groups in total. The van der Waals surface area contributed by atoms with Gasteiger partial charge in [0.25, 0.3) is 0 Å². The van der Waals surface area contributed by atoms with Gasteiger partial charge in [0.2, 0.25) is 0 Å². The molecule has 1 heterocycles. The Balaban J connectivity index is 1.68. The second kappa shape index (κ2) is 6.52. The van der Waals surface area contributed by atoms with E-state index < -0.39 is 0 Å². The van der Waals surface area contributed by atoms with Gasteiger partial charge in [0.05, 0.1) is 6.10 Å². The van der Waals surface area contributed by atoms with Gasteiger partial charge in [-0.2, -0.15) is 0 Å². The summed E-state index contributed by atoms with van der Waals surface area (Å²) in [6.45, 7) is 0. The maximum Gasteiger partial charge on any atom is 0.357 e. The number of rotatable bonds is 4. The molecule has 2 fully saturated rings. The first-order valence-corrected chi connectivity index (χ1v) is 7.84. The Hall–Kier alpha value is -1.49. The number of aromatic nitrogens is 2. The third-order valence-corrected chi connectivity index (χ3v) is 4.56. The molecule has 0 bridgehead atoms. The fourth-order valence-electron chi connectivity index (χ4n) is 3.36. The SMILES string of the molecule is CO[C@H]1CCC[C@H]1OC(=O)c1ccnc(C2CCCC2)n1. The first-order valence-electron chi connectivity index (χ1n) is 7.84. The second-order valence-electron chi connectivity index (χ2n) is 5.93. The lowest BCUT2D eigenvalue weighted by atomic mass is 10.1. The summed E-state index contributed by atoms with van der Waals surface area (Å²) in [7, 11) is 1.67. The predicted molar refractivity (Wildman–Crippen MR) is 77.1 cm³/mol. The molecule has 0 spiro atoms. The van der Waals surface area contributed by atoms with Crippen LogP contribution in [-0.2, 0) is 9.47 Å². The number of hydrogen-bond acceptors (Lipinski definition) is 5. The van der Waals surface area contributed by atoms with Crippen molar-refractivity contribution in [1.82, 2.24) is 9.97 Å². The highest BCUT2D eigenvalue weighted by molar-refractivity contribution is 5.87. The zero-order chi connectivity index (χ0) is 14.7. The van der Waals surface area contributed by atoms with E-state index in [9.17, 15) is 4.79 Å². The standard InChI is InChI=1S/C16H22N2O3/c1-20-13-7-4-8-14(13)21-16(19)12-9-10-17-15(18-12)11-5-2-3-6-11/h9-11,13-14H,2-8H2,1H3/t13-,14+/m0/s1. The maximum atomic E-state index is 12.3. The van der Waals surface area contributed by atoms with Crippen molar-refractivity contribution in [3.63, 3.8) is 0 Å². The third kappa shape index (κ3) is 3.23. The van der Waals surface area contributed by atoms with Gasteiger partial charge < -0.3 is 9.47 Å².